The minimum absolute atomic E-state index is 0.132. The van der Waals surface area contributed by atoms with Crippen LogP contribution in [0.4, 0.5) is 5.69 Å². The summed E-state index contributed by atoms with van der Waals surface area (Å²) < 4.78 is 5.18. The third kappa shape index (κ3) is 2.83. The molecular formula is C19H18N2O2S. The number of hydrogen-bond acceptors (Lipinski definition) is 4. The molecule has 1 aliphatic heterocycles. The molecule has 1 aliphatic rings. The maximum Gasteiger partial charge on any atom is 0.287 e. The van der Waals surface area contributed by atoms with E-state index in [0.717, 1.165) is 13.0 Å². The normalized spacial score (nSPS) is 14.4. The van der Waals surface area contributed by atoms with Gasteiger partial charge in [-0.3, -0.25) is 4.79 Å². The van der Waals surface area contributed by atoms with Gasteiger partial charge in [-0.25, -0.2) is 0 Å². The summed E-state index contributed by atoms with van der Waals surface area (Å²) in [4.78, 5) is 15.9. The molecule has 4 rings (SSSR count). The Morgan fingerprint density at radius 3 is 2.92 bits per heavy atom. The van der Waals surface area contributed by atoms with Crippen LogP contribution in [0.3, 0.4) is 0 Å². The van der Waals surface area contributed by atoms with Crippen LogP contribution in [0.1, 0.15) is 27.0 Å². The molecule has 1 atom stereocenters. The number of anilines is 1. The van der Waals surface area contributed by atoms with Gasteiger partial charge in [0.2, 0.25) is 0 Å². The van der Waals surface area contributed by atoms with Gasteiger partial charge in [-0.1, -0.05) is 24.3 Å². The Bertz CT molecular complexity index is 812. The zero-order valence-electron chi connectivity index (χ0n) is 13.1. The van der Waals surface area contributed by atoms with Crippen LogP contribution in [0, 0.1) is 0 Å². The fourth-order valence-electron chi connectivity index (χ4n) is 3.22. The minimum atomic E-state index is -0.172. The molecule has 3 aromatic rings. The highest BCUT2D eigenvalue weighted by molar-refractivity contribution is 7.10. The molecular weight excluding hydrogens is 320 g/mol. The predicted octanol–water partition coefficient (Wildman–Crippen LogP) is 3.87. The number of carbonyl (C=O) groups is 1. The number of benzene rings is 1. The molecule has 24 heavy (non-hydrogen) atoms. The van der Waals surface area contributed by atoms with Crippen molar-refractivity contribution in [3.8, 4) is 0 Å². The second-order valence-corrected chi connectivity index (χ2v) is 6.77. The third-order valence-corrected chi connectivity index (χ3v) is 5.35. The third-order valence-electron chi connectivity index (χ3n) is 4.37. The van der Waals surface area contributed by atoms with Gasteiger partial charge in [0.25, 0.3) is 5.91 Å². The van der Waals surface area contributed by atoms with E-state index in [-0.39, 0.29) is 11.9 Å². The van der Waals surface area contributed by atoms with Gasteiger partial charge in [0.05, 0.1) is 12.3 Å². The SMILES string of the molecule is O=C(NCC(c1cccs1)N1CCc2ccccc21)c1ccco1. The smallest absolute Gasteiger partial charge is 0.287 e. The van der Waals surface area contributed by atoms with Crippen molar-refractivity contribution in [3.63, 3.8) is 0 Å². The number of furan rings is 1. The first-order valence-corrected chi connectivity index (χ1v) is 8.90. The molecule has 1 amide bonds. The number of carbonyl (C=O) groups excluding carboxylic acids is 1. The Morgan fingerprint density at radius 2 is 2.12 bits per heavy atom. The highest BCUT2D eigenvalue weighted by Gasteiger charge is 2.28. The van der Waals surface area contributed by atoms with E-state index in [0.29, 0.717) is 12.3 Å². The summed E-state index contributed by atoms with van der Waals surface area (Å²) in [6, 6.07) is 16.2. The van der Waals surface area contributed by atoms with E-state index in [1.165, 1.54) is 22.4 Å². The summed E-state index contributed by atoms with van der Waals surface area (Å²) in [5.74, 6) is 0.177. The van der Waals surface area contributed by atoms with E-state index in [2.05, 4.69) is 52.0 Å². The zero-order valence-corrected chi connectivity index (χ0v) is 14.0. The molecule has 0 saturated carbocycles. The lowest BCUT2D eigenvalue weighted by atomic mass is 10.1. The van der Waals surface area contributed by atoms with Gasteiger partial charge >= 0.3 is 0 Å². The Balaban J connectivity index is 1.56. The van der Waals surface area contributed by atoms with E-state index < -0.39 is 0 Å². The van der Waals surface area contributed by atoms with E-state index in [1.807, 2.05) is 0 Å². The maximum absolute atomic E-state index is 12.2. The molecule has 0 bridgehead atoms. The van der Waals surface area contributed by atoms with Crippen molar-refractivity contribution in [1.29, 1.82) is 0 Å². The highest BCUT2D eigenvalue weighted by atomic mass is 32.1. The maximum atomic E-state index is 12.2. The topological polar surface area (TPSA) is 45.5 Å². The van der Waals surface area contributed by atoms with Crippen LogP contribution >= 0.6 is 11.3 Å². The summed E-state index contributed by atoms with van der Waals surface area (Å²) in [6.07, 6.45) is 2.56. The second-order valence-electron chi connectivity index (χ2n) is 5.79. The van der Waals surface area contributed by atoms with Crippen LogP contribution in [0.25, 0.3) is 0 Å². The Labute approximate surface area is 144 Å². The average Bonchev–Trinajstić information content (AvgIpc) is 3.37. The number of nitrogens with zero attached hydrogens (tertiary/aromatic N) is 1. The van der Waals surface area contributed by atoms with E-state index in [9.17, 15) is 4.79 Å². The minimum Gasteiger partial charge on any atom is -0.459 e. The van der Waals surface area contributed by atoms with Crippen molar-refractivity contribution in [1.82, 2.24) is 5.32 Å². The lowest BCUT2D eigenvalue weighted by Gasteiger charge is -2.30. The molecule has 0 radical (unpaired) electrons. The molecule has 0 fully saturated rings. The molecule has 0 saturated heterocycles. The fraction of sp³-hybridized carbons (Fsp3) is 0.211. The van der Waals surface area contributed by atoms with Crippen molar-refractivity contribution in [2.24, 2.45) is 0 Å². The quantitative estimate of drug-likeness (QED) is 0.768. The van der Waals surface area contributed by atoms with Crippen LogP contribution in [0.15, 0.2) is 64.6 Å². The number of rotatable bonds is 5. The van der Waals surface area contributed by atoms with Crippen LogP contribution in [-0.2, 0) is 6.42 Å². The average molecular weight is 338 g/mol. The number of hydrogen-bond donors (Lipinski definition) is 1. The summed E-state index contributed by atoms with van der Waals surface area (Å²) in [6.45, 7) is 1.52. The Morgan fingerprint density at radius 1 is 1.21 bits per heavy atom. The summed E-state index contributed by atoms with van der Waals surface area (Å²) in [5.41, 5.74) is 2.64. The van der Waals surface area contributed by atoms with Crippen molar-refractivity contribution >= 4 is 22.9 Å². The Hall–Kier alpha value is -2.53. The lowest BCUT2D eigenvalue weighted by molar-refractivity contribution is 0.0923. The monoisotopic (exact) mass is 338 g/mol. The second kappa shape index (κ2) is 6.53. The van der Waals surface area contributed by atoms with Crippen LogP contribution < -0.4 is 10.2 Å². The van der Waals surface area contributed by atoms with Crippen molar-refractivity contribution in [2.45, 2.75) is 12.5 Å². The van der Waals surface area contributed by atoms with Gasteiger partial charge < -0.3 is 14.6 Å². The molecule has 3 heterocycles. The molecule has 1 aromatic carbocycles. The number of nitrogens with one attached hydrogen (secondary N) is 1. The molecule has 4 nitrogen and oxygen atoms in total. The first-order valence-electron chi connectivity index (χ1n) is 8.02. The van der Waals surface area contributed by atoms with Gasteiger partial charge in [0.15, 0.2) is 5.76 Å². The van der Waals surface area contributed by atoms with Crippen LogP contribution in [-0.4, -0.2) is 19.0 Å². The predicted molar refractivity (Wildman–Crippen MR) is 95.6 cm³/mol. The van der Waals surface area contributed by atoms with E-state index in [4.69, 9.17) is 4.42 Å². The van der Waals surface area contributed by atoms with Gasteiger partial charge in [-0.05, 0) is 41.6 Å². The summed E-state index contributed by atoms with van der Waals surface area (Å²) in [5, 5.41) is 5.10. The van der Waals surface area contributed by atoms with Gasteiger partial charge in [-0.2, -0.15) is 0 Å². The molecule has 2 aromatic heterocycles. The largest absolute Gasteiger partial charge is 0.459 e. The molecule has 1 N–H and O–H groups in total. The van der Waals surface area contributed by atoms with Gasteiger partial charge in [-0.15, -0.1) is 11.3 Å². The van der Waals surface area contributed by atoms with E-state index >= 15 is 0 Å². The summed E-state index contributed by atoms with van der Waals surface area (Å²) >= 11 is 1.73. The summed E-state index contributed by atoms with van der Waals surface area (Å²) in [7, 11) is 0. The fourth-order valence-corrected chi connectivity index (χ4v) is 4.06. The number of amides is 1. The number of thiophene rings is 1. The van der Waals surface area contributed by atoms with Crippen molar-refractivity contribution in [3.05, 3.63) is 76.4 Å². The Kier molecular flexibility index (Phi) is 4.09. The van der Waals surface area contributed by atoms with Crippen LogP contribution in [0.5, 0.6) is 0 Å². The highest BCUT2D eigenvalue weighted by Crippen LogP contribution is 2.36. The first kappa shape index (κ1) is 15.0. The van der Waals surface area contributed by atoms with Crippen molar-refractivity contribution in [2.75, 3.05) is 18.0 Å². The molecule has 122 valence electrons. The molecule has 5 heteroatoms. The zero-order chi connectivity index (χ0) is 16.4. The number of para-hydroxylation sites is 1. The van der Waals surface area contributed by atoms with Crippen molar-refractivity contribution < 1.29 is 9.21 Å². The van der Waals surface area contributed by atoms with E-state index in [1.54, 1.807) is 23.5 Å². The first-order chi connectivity index (χ1) is 11.8. The van der Waals surface area contributed by atoms with Crippen LogP contribution in [0.2, 0.25) is 0 Å². The van der Waals surface area contributed by atoms with Gasteiger partial charge in [0.1, 0.15) is 0 Å². The molecule has 0 aliphatic carbocycles. The molecule has 1 unspecified atom stereocenters. The van der Waals surface area contributed by atoms with Gasteiger partial charge in [0, 0.05) is 23.7 Å². The lowest BCUT2D eigenvalue weighted by Crippen LogP contribution is -2.37. The number of fused-ring (bicyclic) bond motifs is 1. The standard InChI is InChI=1S/C19H18N2O2S/c22-19(17-7-3-11-23-17)20-13-16(18-8-4-12-24-18)21-10-9-14-5-1-2-6-15(14)21/h1-8,11-12,16H,9-10,13H2,(H,20,22). The molecule has 0 spiro atoms.